The molecule has 16 heavy (non-hydrogen) atoms. The Morgan fingerprint density at radius 3 is 3.06 bits per heavy atom. The van der Waals surface area contributed by atoms with Crippen LogP contribution in [0.3, 0.4) is 0 Å². The van der Waals surface area contributed by atoms with Gasteiger partial charge in [-0.25, -0.2) is 4.98 Å². The summed E-state index contributed by atoms with van der Waals surface area (Å²) < 4.78 is 1.42. The highest BCUT2D eigenvalue weighted by molar-refractivity contribution is 6.32. The Morgan fingerprint density at radius 1 is 1.50 bits per heavy atom. The summed E-state index contributed by atoms with van der Waals surface area (Å²) >= 11 is 6.04. The van der Waals surface area contributed by atoms with Crippen LogP contribution in [-0.4, -0.2) is 19.8 Å². The molecule has 1 atom stereocenters. The van der Waals surface area contributed by atoms with Crippen molar-refractivity contribution in [3.05, 3.63) is 17.0 Å². The minimum Gasteiger partial charge on any atom is -0.213 e. The number of halogens is 1. The summed E-state index contributed by atoms with van der Waals surface area (Å²) in [6.45, 7) is 4.06. The van der Waals surface area contributed by atoms with Gasteiger partial charge in [0.25, 0.3) is 0 Å². The lowest BCUT2D eigenvalue weighted by atomic mass is 9.91. The second-order valence-electron chi connectivity index (χ2n) is 3.91. The molecule has 2 aromatic rings. The average Bonchev–Trinajstić information content (AvgIpc) is 2.84. The van der Waals surface area contributed by atoms with E-state index in [1.807, 2.05) is 6.92 Å². The first-order chi connectivity index (χ1) is 7.65. The summed E-state index contributed by atoms with van der Waals surface area (Å²) in [5.74, 6) is 0. The van der Waals surface area contributed by atoms with Gasteiger partial charge in [-0.15, -0.1) is 14.8 Å². The quantitative estimate of drug-likeness (QED) is 0.764. The Kier molecular flexibility index (Phi) is 1.79. The van der Waals surface area contributed by atoms with E-state index in [2.05, 4.69) is 32.3 Å². The second kappa shape index (κ2) is 2.98. The summed E-state index contributed by atoms with van der Waals surface area (Å²) in [6, 6.07) is 0. The van der Waals surface area contributed by atoms with E-state index in [-0.39, 0.29) is 5.54 Å². The lowest BCUT2D eigenvalue weighted by Gasteiger charge is -2.18. The van der Waals surface area contributed by atoms with Crippen LogP contribution in [0.4, 0.5) is 5.69 Å². The van der Waals surface area contributed by atoms with Gasteiger partial charge in [0.1, 0.15) is 17.6 Å². The van der Waals surface area contributed by atoms with Gasteiger partial charge in [-0.2, -0.15) is 10.2 Å². The van der Waals surface area contributed by atoms with Crippen LogP contribution in [0.2, 0.25) is 5.15 Å². The zero-order chi connectivity index (χ0) is 11.3. The Balaban J connectivity index is 2.44. The van der Waals surface area contributed by atoms with E-state index < -0.39 is 0 Å². The summed E-state index contributed by atoms with van der Waals surface area (Å²) in [4.78, 5) is 4.19. The van der Waals surface area contributed by atoms with Gasteiger partial charge >= 0.3 is 0 Å². The highest BCUT2D eigenvalue weighted by Gasteiger charge is 2.37. The molecule has 0 radical (unpaired) electrons. The molecule has 0 saturated carbocycles. The third-order valence-corrected chi connectivity index (χ3v) is 3.22. The second-order valence-corrected chi connectivity index (χ2v) is 4.27. The van der Waals surface area contributed by atoms with E-state index in [0.29, 0.717) is 16.5 Å². The maximum Gasteiger partial charge on any atom is 0.184 e. The Labute approximate surface area is 96.3 Å². The molecule has 0 fully saturated rings. The van der Waals surface area contributed by atoms with Crippen molar-refractivity contribution in [3.8, 4) is 0 Å². The van der Waals surface area contributed by atoms with Crippen molar-refractivity contribution in [2.75, 3.05) is 0 Å². The van der Waals surface area contributed by atoms with Crippen molar-refractivity contribution in [1.29, 1.82) is 0 Å². The fourth-order valence-electron chi connectivity index (χ4n) is 1.86. The normalized spacial score (nSPS) is 22.9. The van der Waals surface area contributed by atoms with Crippen LogP contribution in [-0.2, 0) is 5.54 Å². The highest BCUT2D eigenvalue weighted by Crippen LogP contribution is 2.46. The smallest absolute Gasteiger partial charge is 0.184 e. The topological polar surface area (TPSA) is 67.8 Å². The summed E-state index contributed by atoms with van der Waals surface area (Å²) in [5, 5.41) is 16.7. The molecule has 0 amide bonds. The van der Waals surface area contributed by atoms with E-state index in [4.69, 9.17) is 11.6 Å². The molecule has 1 aliphatic rings. The zero-order valence-electron chi connectivity index (χ0n) is 8.85. The van der Waals surface area contributed by atoms with Crippen molar-refractivity contribution >= 4 is 22.9 Å². The molecule has 2 aromatic heterocycles. The first kappa shape index (κ1) is 9.65. The van der Waals surface area contributed by atoms with Gasteiger partial charge in [-0.1, -0.05) is 18.5 Å². The van der Waals surface area contributed by atoms with Crippen molar-refractivity contribution in [3.63, 3.8) is 0 Å². The molecule has 6 nitrogen and oxygen atoms in total. The third kappa shape index (κ3) is 1.05. The van der Waals surface area contributed by atoms with E-state index in [9.17, 15) is 0 Å². The molecule has 0 saturated heterocycles. The summed E-state index contributed by atoms with van der Waals surface area (Å²) in [7, 11) is 0. The molecule has 0 spiro atoms. The molecule has 0 aromatic carbocycles. The van der Waals surface area contributed by atoms with Crippen LogP contribution in [0, 0.1) is 0 Å². The zero-order valence-corrected chi connectivity index (χ0v) is 9.60. The largest absolute Gasteiger partial charge is 0.213 e. The van der Waals surface area contributed by atoms with Gasteiger partial charge in [0.15, 0.2) is 10.8 Å². The van der Waals surface area contributed by atoms with Crippen molar-refractivity contribution in [2.24, 2.45) is 10.2 Å². The van der Waals surface area contributed by atoms with E-state index in [0.717, 1.165) is 12.0 Å². The molecule has 3 rings (SSSR count). The minimum atomic E-state index is -0.379. The Morgan fingerprint density at radius 2 is 2.31 bits per heavy atom. The predicted molar refractivity (Wildman–Crippen MR) is 58.0 cm³/mol. The Hall–Kier alpha value is -1.56. The van der Waals surface area contributed by atoms with Crippen LogP contribution in [0.5, 0.6) is 0 Å². The van der Waals surface area contributed by atoms with E-state index in [1.165, 1.54) is 11.0 Å². The summed E-state index contributed by atoms with van der Waals surface area (Å²) in [5.41, 5.74) is 1.82. The molecule has 3 heterocycles. The SMILES string of the molecule is CCC1(C)N=Nc2c(Cl)nn3ncnc3c21. The van der Waals surface area contributed by atoms with Crippen LogP contribution < -0.4 is 0 Å². The molecule has 1 unspecified atom stereocenters. The van der Waals surface area contributed by atoms with E-state index >= 15 is 0 Å². The van der Waals surface area contributed by atoms with Gasteiger partial charge in [0.05, 0.1) is 5.56 Å². The number of aromatic nitrogens is 4. The van der Waals surface area contributed by atoms with Crippen LogP contribution in [0.1, 0.15) is 25.8 Å². The van der Waals surface area contributed by atoms with Crippen molar-refractivity contribution in [1.82, 2.24) is 19.8 Å². The molecule has 82 valence electrons. The van der Waals surface area contributed by atoms with Crippen molar-refractivity contribution < 1.29 is 0 Å². The highest BCUT2D eigenvalue weighted by atomic mass is 35.5. The maximum atomic E-state index is 6.04. The van der Waals surface area contributed by atoms with Gasteiger partial charge < -0.3 is 0 Å². The Bertz CT molecular complexity index is 603. The fraction of sp³-hybridized carbons (Fsp3) is 0.444. The monoisotopic (exact) mass is 236 g/mol. The minimum absolute atomic E-state index is 0.314. The third-order valence-electron chi connectivity index (χ3n) is 2.97. The van der Waals surface area contributed by atoms with Gasteiger partial charge in [0, 0.05) is 0 Å². The number of nitrogens with zero attached hydrogens (tertiary/aromatic N) is 6. The first-order valence-corrected chi connectivity index (χ1v) is 5.36. The maximum absolute atomic E-state index is 6.04. The van der Waals surface area contributed by atoms with Crippen LogP contribution in [0.15, 0.2) is 16.6 Å². The summed E-state index contributed by atoms with van der Waals surface area (Å²) in [6.07, 6.45) is 2.28. The average molecular weight is 237 g/mol. The number of hydrogen-bond donors (Lipinski definition) is 0. The number of hydrogen-bond acceptors (Lipinski definition) is 5. The first-order valence-electron chi connectivity index (χ1n) is 4.98. The van der Waals surface area contributed by atoms with Crippen LogP contribution in [0.25, 0.3) is 5.65 Å². The number of fused-ring (bicyclic) bond motifs is 3. The molecule has 1 aliphatic heterocycles. The lowest BCUT2D eigenvalue weighted by molar-refractivity contribution is 0.479. The molecule has 0 aliphatic carbocycles. The molecular formula is C9H9ClN6. The standard InChI is InChI=1S/C9H9ClN6/c1-3-9(2)5-6(13-15-9)7(10)14-16-8(5)11-4-12-16/h4H,3H2,1-2H3. The van der Waals surface area contributed by atoms with Crippen LogP contribution >= 0.6 is 11.6 Å². The fourth-order valence-corrected chi connectivity index (χ4v) is 2.06. The van der Waals surface area contributed by atoms with Gasteiger partial charge in [0.2, 0.25) is 0 Å². The van der Waals surface area contributed by atoms with Crippen molar-refractivity contribution in [2.45, 2.75) is 25.8 Å². The number of rotatable bonds is 1. The number of azo groups is 1. The molecular weight excluding hydrogens is 228 g/mol. The predicted octanol–water partition coefficient (Wildman–Crippen LogP) is 2.50. The van der Waals surface area contributed by atoms with Gasteiger partial charge in [-0.3, -0.25) is 0 Å². The van der Waals surface area contributed by atoms with E-state index in [1.54, 1.807) is 0 Å². The molecule has 0 N–H and O–H groups in total. The van der Waals surface area contributed by atoms with Gasteiger partial charge in [-0.05, 0) is 13.3 Å². The molecule has 7 heteroatoms. The molecule has 0 bridgehead atoms. The lowest BCUT2D eigenvalue weighted by Crippen LogP contribution is -2.16.